The zero-order chi connectivity index (χ0) is 14.6. The van der Waals surface area contributed by atoms with E-state index in [0.717, 1.165) is 23.8 Å². The summed E-state index contributed by atoms with van der Waals surface area (Å²) in [6.07, 6.45) is 4.80. The van der Waals surface area contributed by atoms with Gasteiger partial charge < -0.3 is 5.73 Å². The molecule has 0 spiro atoms. The normalized spacial score (nSPS) is 23.9. The predicted molar refractivity (Wildman–Crippen MR) is 88.6 cm³/mol. The van der Waals surface area contributed by atoms with Crippen molar-refractivity contribution in [2.75, 3.05) is 0 Å². The summed E-state index contributed by atoms with van der Waals surface area (Å²) in [6, 6.07) is 9.10. The van der Waals surface area contributed by atoms with E-state index in [0.29, 0.717) is 0 Å². The van der Waals surface area contributed by atoms with Gasteiger partial charge in [0.05, 0.1) is 5.69 Å². The van der Waals surface area contributed by atoms with Gasteiger partial charge in [-0.05, 0) is 48.6 Å². The van der Waals surface area contributed by atoms with Crippen LogP contribution in [0.15, 0.2) is 24.3 Å². The zero-order valence-electron chi connectivity index (χ0n) is 12.7. The number of fused-ring (bicyclic) bond motifs is 1. The second-order valence-electron chi connectivity index (χ2n) is 7.38. The van der Waals surface area contributed by atoms with Gasteiger partial charge in [-0.3, -0.25) is 0 Å². The van der Waals surface area contributed by atoms with Crippen LogP contribution in [0.1, 0.15) is 61.2 Å². The Bertz CT molecular complexity index is 682. The minimum atomic E-state index is 0.154. The molecule has 110 valence electrons. The highest BCUT2D eigenvalue weighted by Crippen LogP contribution is 2.45. The first-order valence-corrected chi connectivity index (χ1v) is 8.69. The van der Waals surface area contributed by atoms with Gasteiger partial charge in [-0.25, -0.2) is 4.98 Å². The van der Waals surface area contributed by atoms with E-state index in [-0.39, 0.29) is 11.5 Å². The molecule has 1 atom stereocenters. The Kier molecular flexibility index (Phi) is 2.98. The van der Waals surface area contributed by atoms with E-state index in [1.165, 1.54) is 34.5 Å². The standard InChI is InChI=1S/C18H22N2S/c1-18(2)9-14(19)16-15(10-18)20-17(21-16)13-5-3-4-12(8-13)11-6-7-11/h3-5,8,11,14H,6-7,9-10,19H2,1-2H3. The second kappa shape index (κ2) is 4.65. The van der Waals surface area contributed by atoms with Crippen LogP contribution < -0.4 is 5.73 Å². The minimum Gasteiger partial charge on any atom is -0.323 e. The van der Waals surface area contributed by atoms with Crippen LogP contribution in [0.4, 0.5) is 0 Å². The van der Waals surface area contributed by atoms with E-state index in [1.807, 2.05) is 0 Å². The van der Waals surface area contributed by atoms with Gasteiger partial charge in [0, 0.05) is 16.5 Å². The molecule has 21 heavy (non-hydrogen) atoms. The maximum Gasteiger partial charge on any atom is 0.123 e. The van der Waals surface area contributed by atoms with Crippen molar-refractivity contribution in [2.45, 2.75) is 51.5 Å². The summed E-state index contributed by atoms with van der Waals surface area (Å²) in [6.45, 7) is 4.59. The van der Waals surface area contributed by atoms with E-state index in [9.17, 15) is 0 Å². The van der Waals surface area contributed by atoms with Gasteiger partial charge in [0.15, 0.2) is 0 Å². The number of aromatic nitrogens is 1. The van der Waals surface area contributed by atoms with Crippen LogP contribution in [0.5, 0.6) is 0 Å². The molecular formula is C18H22N2S. The Morgan fingerprint density at radius 3 is 2.86 bits per heavy atom. The molecule has 0 amide bonds. The van der Waals surface area contributed by atoms with Crippen molar-refractivity contribution in [1.82, 2.24) is 4.98 Å². The molecule has 1 heterocycles. The molecule has 2 aliphatic rings. The number of hydrogen-bond acceptors (Lipinski definition) is 3. The predicted octanol–water partition coefficient (Wildman–Crippen LogP) is 4.66. The SMILES string of the molecule is CC1(C)Cc2nc(-c3cccc(C4CC4)c3)sc2C(N)C1. The van der Waals surface area contributed by atoms with Gasteiger partial charge in [-0.2, -0.15) is 0 Å². The summed E-state index contributed by atoms with van der Waals surface area (Å²) in [7, 11) is 0. The molecule has 1 fully saturated rings. The molecule has 4 rings (SSSR count). The van der Waals surface area contributed by atoms with Crippen LogP contribution in [0, 0.1) is 5.41 Å². The number of rotatable bonds is 2. The van der Waals surface area contributed by atoms with E-state index >= 15 is 0 Å². The van der Waals surface area contributed by atoms with Gasteiger partial charge in [0.1, 0.15) is 5.01 Å². The lowest BCUT2D eigenvalue weighted by Gasteiger charge is -2.32. The molecule has 1 aromatic heterocycles. The van der Waals surface area contributed by atoms with Crippen molar-refractivity contribution in [3.63, 3.8) is 0 Å². The lowest BCUT2D eigenvalue weighted by molar-refractivity contribution is 0.282. The minimum absolute atomic E-state index is 0.154. The quantitative estimate of drug-likeness (QED) is 0.875. The Balaban J connectivity index is 1.72. The highest BCUT2D eigenvalue weighted by molar-refractivity contribution is 7.15. The van der Waals surface area contributed by atoms with Crippen LogP contribution in [0.2, 0.25) is 0 Å². The van der Waals surface area contributed by atoms with Crippen molar-refractivity contribution in [3.8, 4) is 10.6 Å². The molecule has 1 saturated carbocycles. The maximum absolute atomic E-state index is 6.37. The second-order valence-corrected chi connectivity index (χ2v) is 8.41. The number of hydrogen-bond donors (Lipinski definition) is 1. The molecule has 2 aromatic rings. The molecule has 1 unspecified atom stereocenters. The van der Waals surface area contributed by atoms with Crippen molar-refractivity contribution < 1.29 is 0 Å². The fourth-order valence-corrected chi connectivity index (χ4v) is 4.54. The number of nitrogens with zero attached hydrogens (tertiary/aromatic N) is 1. The number of nitrogens with two attached hydrogens (primary N) is 1. The maximum atomic E-state index is 6.37. The fraction of sp³-hybridized carbons (Fsp3) is 0.500. The molecule has 0 radical (unpaired) electrons. The van der Waals surface area contributed by atoms with Crippen molar-refractivity contribution in [1.29, 1.82) is 0 Å². The summed E-state index contributed by atoms with van der Waals surface area (Å²) in [5.41, 5.74) is 10.6. The summed E-state index contributed by atoms with van der Waals surface area (Å²) in [4.78, 5) is 6.23. The van der Waals surface area contributed by atoms with Gasteiger partial charge in [-0.1, -0.05) is 32.0 Å². The van der Waals surface area contributed by atoms with Crippen LogP contribution in [-0.4, -0.2) is 4.98 Å². The average molecular weight is 298 g/mol. The molecular weight excluding hydrogens is 276 g/mol. The first kappa shape index (κ1) is 13.5. The Morgan fingerprint density at radius 2 is 2.10 bits per heavy atom. The molecule has 0 bridgehead atoms. The molecule has 0 saturated heterocycles. The molecule has 0 aliphatic heterocycles. The van der Waals surface area contributed by atoms with Crippen molar-refractivity contribution in [2.24, 2.45) is 11.1 Å². The van der Waals surface area contributed by atoms with E-state index in [1.54, 1.807) is 11.3 Å². The lowest BCUT2D eigenvalue weighted by atomic mass is 9.77. The monoisotopic (exact) mass is 298 g/mol. The third-order valence-electron chi connectivity index (χ3n) is 4.67. The Hall–Kier alpha value is -1.19. The van der Waals surface area contributed by atoms with Gasteiger partial charge >= 0.3 is 0 Å². The van der Waals surface area contributed by atoms with Crippen molar-refractivity contribution >= 4 is 11.3 Å². The molecule has 2 nitrogen and oxygen atoms in total. The summed E-state index contributed by atoms with van der Waals surface area (Å²) < 4.78 is 0. The zero-order valence-corrected chi connectivity index (χ0v) is 13.5. The van der Waals surface area contributed by atoms with E-state index in [2.05, 4.69) is 38.1 Å². The molecule has 1 aromatic carbocycles. The van der Waals surface area contributed by atoms with Gasteiger partial charge in [-0.15, -0.1) is 11.3 Å². The smallest absolute Gasteiger partial charge is 0.123 e. The highest BCUT2D eigenvalue weighted by Gasteiger charge is 2.33. The molecule has 2 N–H and O–H groups in total. The number of thiazole rings is 1. The van der Waals surface area contributed by atoms with Crippen LogP contribution in [0.3, 0.4) is 0 Å². The Labute approximate surface area is 130 Å². The number of benzene rings is 1. The van der Waals surface area contributed by atoms with Crippen LogP contribution in [-0.2, 0) is 6.42 Å². The highest BCUT2D eigenvalue weighted by atomic mass is 32.1. The topological polar surface area (TPSA) is 38.9 Å². The average Bonchev–Trinajstić information content (AvgIpc) is 3.18. The largest absolute Gasteiger partial charge is 0.323 e. The van der Waals surface area contributed by atoms with Crippen molar-refractivity contribution in [3.05, 3.63) is 40.4 Å². The molecule has 3 heteroatoms. The summed E-state index contributed by atoms with van der Waals surface area (Å²) in [5.74, 6) is 0.792. The summed E-state index contributed by atoms with van der Waals surface area (Å²) >= 11 is 1.80. The van der Waals surface area contributed by atoms with E-state index in [4.69, 9.17) is 10.7 Å². The summed E-state index contributed by atoms with van der Waals surface area (Å²) in [5, 5.41) is 1.15. The third-order valence-corrected chi connectivity index (χ3v) is 5.94. The first-order chi connectivity index (χ1) is 10.0. The molecule has 2 aliphatic carbocycles. The van der Waals surface area contributed by atoms with E-state index < -0.39 is 0 Å². The fourth-order valence-electron chi connectivity index (χ4n) is 3.46. The van der Waals surface area contributed by atoms with Crippen LogP contribution >= 0.6 is 11.3 Å². The first-order valence-electron chi connectivity index (χ1n) is 7.87. The Morgan fingerprint density at radius 1 is 1.29 bits per heavy atom. The third kappa shape index (κ3) is 2.53. The van der Waals surface area contributed by atoms with Crippen LogP contribution in [0.25, 0.3) is 10.6 Å². The lowest BCUT2D eigenvalue weighted by Crippen LogP contribution is -2.28. The van der Waals surface area contributed by atoms with Gasteiger partial charge in [0.25, 0.3) is 0 Å². The van der Waals surface area contributed by atoms with Gasteiger partial charge in [0.2, 0.25) is 0 Å².